The molecule has 2 rings (SSSR count). The predicted octanol–water partition coefficient (Wildman–Crippen LogP) is 1.68. The van der Waals surface area contributed by atoms with Crippen LogP contribution >= 0.6 is 0 Å². The molecular formula is C14H22N2O2S. The largest absolute Gasteiger partial charge is 0.315 e. The lowest BCUT2D eigenvalue weighted by Gasteiger charge is -2.27. The van der Waals surface area contributed by atoms with E-state index in [2.05, 4.69) is 5.32 Å². The van der Waals surface area contributed by atoms with E-state index in [0.717, 1.165) is 30.6 Å². The van der Waals surface area contributed by atoms with Crippen LogP contribution in [0, 0.1) is 13.8 Å². The van der Waals surface area contributed by atoms with Gasteiger partial charge in [0, 0.05) is 19.1 Å². The number of rotatable bonds is 4. The average Bonchev–Trinajstić information content (AvgIpc) is 2.86. The Hall–Kier alpha value is -0.910. The highest BCUT2D eigenvalue weighted by Crippen LogP contribution is 2.24. The molecule has 1 fully saturated rings. The zero-order valence-corrected chi connectivity index (χ0v) is 12.6. The summed E-state index contributed by atoms with van der Waals surface area (Å²) < 4.78 is 27.3. The van der Waals surface area contributed by atoms with Crippen LogP contribution in [0.4, 0.5) is 0 Å². The monoisotopic (exact) mass is 282 g/mol. The summed E-state index contributed by atoms with van der Waals surface area (Å²) in [6.07, 6.45) is 0.887. The molecule has 1 unspecified atom stereocenters. The topological polar surface area (TPSA) is 49.4 Å². The SMILES string of the molecule is CCN(C1CCNC1)S(=O)(=O)c1cc(C)ccc1C. The van der Waals surface area contributed by atoms with Crippen LogP contribution in [0.5, 0.6) is 0 Å². The van der Waals surface area contributed by atoms with Gasteiger partial charge in [-0.3, -0.25) is 0 Å². The van der Waals surface area contributed by atoms with Crippen LogP contribution in [0.15, 0.2) is 23.1 Å². The molecule has 0 spiro atoms. The van der Waals surface area contributed by atoms with Gasteiger partial charge in [0.2, 0.25) is 10.0 Å². The minimum atomic E-state index is -3.39. The lowest BCUT2D eigenvalue weighted by atomic mass is 10.2. The van der Waals surface area contributed by atoms with Crippen LogP contribution < -0.4 is 5.32 Å². The summed E-state index contributed by atoms with van der Waals surface area (Å²) in [5.41, 5.74) is 1.79. The summed E-state index contributed by atoms with van der Waals surface area (Å²) in [7, 11) is -3.39. The number of sulfonamides is 1. The number of benzene rings is 1. The van der Waals surface area contributed by atoms with Gasteiger partial charge in [0.1, 0.15) is 0 Å². The van der Waals surface area contributed by atoms with Crippen molar-refractivity contribution in [2.75, 3.05) is 19.6 Å². The molecule has 1 N–H and O–H groups in total. The third-order valence-corrected chi connectivity index (χ3v) is 5.85. The normalized spacial score (nSPS) is 20.1. The molecule has 5 heteroatoms. The molecule has 1 heterocycles. The second kappa shape index (κ2) is 5.61. The predicted molar refractivity (Wildman–Crippen MR) is 76.8 cm³/mol. The van der Waals surface area contributed by atoms with Crippen molar-refractivity contribution in [3.63, 3.8) is 0 Å². The lowest BCUT2D eigenvalue weighted by molar-refractivity contribution is 0.348. The third-order valence-electron chi connectivity index (χ3n) is 3.68. The Labute approximate surface area is 115 Å². The minimum absolute atomic E-state index is 0.0786. The zero-order chi connectivity index (χ0) is 14.0. The summed E-state index contributed by atoms with van der Waals surface area (Å²) >= 11 is 0. The molecule has 1 aromatic carbocycles. The van der Waals surface area contributed by atoms with Crippen molar-refractivity contribution in [2.45, 2.75) is 38.1 Å². The molecule has 0 saturated carbocycles. The van der Waals surface area contributed by atoms with E-state index in [0.29, 0.717) is 11.4 Å². The molecule has 0 bridgehead atoms. The molecule has 1 saturated heterocycles. The van der Waals surface area contributed by atoms with Crippen molar-refractivity contribution in [1.29, 1.82) is 0 Å². The Balaban J connectivity index is 2.42. The molecule has 1 atom stereocenters. The fourth-order valence-corrected chi connectivity index (χ4v) is 4.60. The molecule has 0 aliphatic carbocycles. The highest BCUT2D eigenvalue weighted by atomic mass is 32.2. The summed E-state index contributed by atoms with van der Waals surface area (Å²) in [6.45, 7) is 7.84. The van der Waals surface area contributed by atoms with Gasteiger partial charge < -0.3 is 5.32 Å². The van der Waals surface area contributed by atoms with Crippen molar-refractivity contribution < 1.29 is 8.42 Å². The van der Waals surface area contributed by atoms with Crippen molar-refractivity contribution >= 4 is 10.0 Å². The van der Waals surface area contributed by atoms with Gasteiger partial charge in [0.15, 0.2) is 0 Å². The first-order chi connectivity index (χ1) is 8.96. The minimum Gasteiger partial charge on any atom is -0.315 e. The molecule has 4 nitrogen and oxygen atoms in total. The Morgan fingerprint density at radius 3 is 2.68 bits per heavy atom. The fraction of sp³-hybridized carbons (Fsp3) is 0.571. The van der Waals surface area contributed by atoms with Gasteiger partial charge >= 0.3 is 0 Å². The number of hydrogen-bond donors (Lipinski definition) is 1. The Morgan fingerprint density at radius 2 is 2.11 bits per heavy atom. The first kappa shape index (κ1) is 14.5. The van der Waals surface area contributed by atoms with Crippen LogP contribution in [0.25, 0.3) is 0 Å². The molecule has 0 amide bonds. The molecule has 0 aromatic heterocycles. The quantitative estimate of drug-likeness (QED) is 0.914. The lowest BCUT2D eigenvalue weighted by Crippen LogP contribution is -2.41. The van der Waals surface area contributed by atoms with Crippen molar-refractivity contribution in [3.8, 4) is 0 Å². The number of nitrogens with one attached hydrogen (secondary N) is 1. The number of likely N-dealkylation sites (N-methyl/N-ethyl adjacent to an activating group) is 1. The molecule has 1 aliphatic rings. The first-order valence-corrected chi connectivity index (χ1v) is 8.20. The molecule has 1 aliphatic heterocycles. The summed E-state index contributed by atoms with van der Waals surface area (Å²) in [4.78, 5) is 0.446. The summed E-state index contributed by atoms with van der Waals surface area (Å²) in [5, 5.41) is 3.23. The van der Waals surface area contributed by atoms with Crippen molar-refractivity contribution in [2.24, 2.45) is 0 Å². The van der Waals surface area contributed by atoms with Crippen LogP contribution in [0.3, 0.4) is 0 Å². The number of aryl methyl sites for hydroxylation is 2. The molecule has 0 radical (unpaired) electrons. The summed E-state index contributed by atoms with van der Waals surface area (Å²) in [5.74, 6) is 0. The van der Waals surface area contributed by atoms with Gasteiger partial charge in [-0.15, -0.1) is 0 Å². The summed E-state index contributed by atoms with van der Waals surface area (Å²) in [6, 6.07) is 5.68. The maximum atomic E-state index is 12.8. The van der Waals surface area contributed by atoms with Gasteiger partial charge in [-0.2, -0.15) is 4.31 Å². The van der Waals surface area contributed by atoms with E-state index in [-0.39, 0.29) is 6.04 Å². The smallest absolute Gasteiger partial charge is 0.243 e. The third kappa shape index (κ3) is 2.83. The highest BCUT2D eigenvalue weighted by molar-refractivity contribution is 7.89. The van der Waals surface area contributed by atoms with E-state index in [1.807, 2.05) is 32.9 Å². The van der Waals surface area contributed by atoms with Crippen LogP contribution in [-0.4, -0.2) is 38.4 Å². The van der Waals surface area contributed by atoms with Gasteiger partial charge in [-0.1, -0.05) is 19.1 Å². The molecule has 19 heavy (non-hydrogen) atoms. The van der Waals surface area contributed by atoms with E-state index in [4.69, 9.17) is 0 Å². The molecule has 1 aromatic rings. The standard InChI is InChI=1S/C14H22N2O2S/c1-4-16(13-7-8-15-10-13)19(17,18)14-9-11(2)5-6-12(14)3/h5-6,9,13,15H,4,7-8,10H2,1-3H3. The molecular weight excluding hydrogens is 260 g/mol. The maximum absolute atomic E-state index is 12.8. The van der Waals surface area contributed by atoms with Gasteiger partial charge in [-0.25, -0.2) is 8.42 Å². The molecule has 106 valence electrons. The van der Waals surface area contributed by atoms with Crippen molar-refractivity contribution in [1.82, 2.24) is 9.62 Å². The van der Waals surface area contributed by atoms with E-state index in [1.165, 1.54) is 0 Å². The van der Waals surface area contributed by atoms with Gasteiger partial charge in [-0.05, 0) is 44.0 Å². The van der Waals surface area contributed by atoms with E-state index < -0.39 is 10.0 Å². The van der Waals surface area contributed by atoms with Crippen molar-refractivity contribution in [3.05, 3.63) is 29.3 Å². The number of nitrogens with zero attached hydrogens (tertiary/aromatic N) is 1. The Bertz CT molecular complexity index is 549. The first-order valence-electron chi connectivity index (χ1n) is 6.76. The zero-order valence-electron chi connectivity index (χ0n) is 11.8. The van der Waals surface area contributed by atoms with E-state index in [1.54, 1.807) is 10.4 Å². The second-order valence-corrected chi connectivity index (χ2v) is 6.98. The van der Waals surface area contributed by atoms with Gasteiger partial charge in [0.25, 0.3) is 0 Å². The fourth-order valence-electron chi connectivity index (χ4n) is 2.62. The van der Waals surface area contributed by atoms with Gasteiger partial charge in [0.05, 0.1) is 4.90 Å². The van der Waals surface area contributed by atoms with Crippen LogP contribution in [-0.2, 0) is 10.0 Å². The van der Waals surface area contributed by atoms with Crippen LogP contribution in [0.2, 0.25) is 0 Å². The second-order valence-electron chi connectivity index (χ2n) is 5.12. The van der Waals surface area contributed by atoms with E-state index in [9.17, 15) is 8.42 Å². The number of hydrogen-bond acceptors (Lipinski definition) is 3. The van der Waals surface area contributed by atoms with Crippen LogP contribution in [0.1, 0.15) is 24.5 Å². The Kier molecular flexibility index (Phi) is 4.28. The average molecular weight is 282 g/mol. The highest BCUT2D eigenvalue weighted by Gasteiger charge is 2.32. The maximum Gasteiger partial charge on any atom is 0.243 e. The Morgan fingerprint density at radius 1 is 1.37 bits per heavy atom. The van der Waals surface area contributed by atoms with E-state index >= 15 is 0 Å².